The van der Waals surface area contributed by atoms with Crippen molar-refractivity contribution in [2.45, 2.75) is 52.2 Å². The first-order chi connectivity index (χ1) is 11.1. The van der Waals surface area contributed by atoms with Crippen LogP contribution in [0.15, 0.2) is 0 Å². The van der Waals surface area contributed by atoms with Gasteiger partial charge in [0.2, 0.25) is 5.91 Å². The van der Waals surface area contributed by atoms with E-state index in [9.17, 15) is 14.4 Å². The summed E-state index contributed by atoms with van der Waals surface area (Å²) in [5.41, 5.74) is -0.499. The number of amides is 4. The topological polar surface area (TPSA) is 99.8 Å². The number of hydrogen-bond donors (Lipinski definition) is 3. The van der Waals surface area contributed by atoms with Gasteiger partial charge in [0.15, 0.2) is 0 Å². The fourth-order valence-corrected chi connectivity index (χ4v) is 2.53. The number of likely N-dealkylation sites (tertiary alicyclic amines) is 1. The van der Waals surface area contributed by atoms with Crippen molar-refractivity contribution in [3.8, 4) is 0 Å². The zero-order valence-electron chi connectivity index (χ0n) is 15.3. The number of hydrogen-bond acceptors (Lipinski definition) is 5. The fraction of sp³-hybridized carbons (Fsp3) is 0.812. The van der Waals surface area contributed by atoms with Crippen LogP contribution in [0.2, 0.25) is 0 Å². The van der Waals surface area contributed by atoms with Crippen molar-refractivity contribution >= 4 is 18.0 Å². The molecule has 3 N–H and O–H groups in total. The first kappa shape index (κ1) is 20.2. The van der Waals surface area contributed by atoms with E-state index in [1.54, 1.807) is 6.92 Å². The van der Waals surface area contributed by atoms with Gasteiger partial charge in [-0.3, -0.25) is 15.0 Å². The van der Waals surface area contributed by atoms with E-state index in [1.807, 2.05) is 25.7 Å². The van der Waals surface area contributed by atoms with Gasteiger partial charge in [-0.25, -0.2) is 9.59 Å². The molecule has 1 saturated heterocycles. The zero-order valence-corrected chi connectivity index (χ0v) is 15.3. The standard InChI is InChI=1S/C16H30N4O4/c1-11(13(21)19-14(22)17-5)20-8-6-12(7-9-20)10-18-15(23)24-16(2,3)4/h11-12H,6-10H2,1-5H3,(H,18,23)(H2,17,19,21,22)/t11-/m0/s1. The number of carbonyl (C=O) groups excluding carboxylic acids is 3. The molecule has 0 saturated carbocycles. The number of rotatable bonds is 4. The van der Waals surface area contributed by atoms with E-state index in [1.165, 1.54) is 7.05 Å². The molecule has 4 amide bonds. The highest BCUT2D eigenvalue weighted by Crippen LogP contribution is 2.18. The van der Waals surface area contributed by atoms with Gasteiger partial charge in [-0.15, -0.1) is 0 Å². The third-order valence-corrected chi connectivity index (χ3v) is 3.97. The molecule has 0 aromatic heterocycles. The second-order valence-corrected chi connectivity index (χ2v) is 7.11. The Bertz CT molecular complexity index is 453. The van der Waals surface area contributed by atoms with Gasteiger partial charge in [-0.05, 0) is 59.5 Å². The Morgan fingerprint density at radius 3 is 2.29 bits per heavy atom. The van der Waals surface area contributed by atoms with Crippen LogP contribution in [0.3, 0.4) is 0 Å². The molecule has 8 heteroatoms. The van der Waals surface area contributed by atoms with Crippen molar-refractivity contribution in [1.82, 2.24) is 20.9 Å². The summed E-state index contributed by atoms with van der Waals surface area (Å²) >= 11 is 0. The van der Waals surface area contributed by atoms with Crippen molar-refractivity contribution in [2.75, 3.05) is 26.7 Å². The first-order valence-electron chi connectivity index (χ1n) is 8.36. The normalized spacial score (nSPS) is 17.7. The Morgan fingerprint density at radius 1 is 1.21 bits per heavy atom. The minimum atomic E-state index is -0.499. The molecule has 0 aliphatic carbocycles. The highest BCUT2D eigenvalue weighted by molar-refractivity contribution is 5.96. The summed E-state index contributed by atoms with van der Waals surface area (Å²) < 4.78 is 5.22. The molecular weight excluding hydrogens is 312 g/mol. The Balaban J connectivity index is 2.32. The van der Waals surface area contributed by atoms with E-state index in [4.69, 9.17) is 4.74 Å². The lowest BCUT2D eigenvalue weighted by Gasteiger charge is -2.35. The minimum absolute atomic E-state index is 0.306. The van der Waals surface area contributed by atoms with Gasteiger partial charge in [0.1, 0.15) is 5.60 Å². The SMILES string of the molecule is CNC(=O)NC(=O)[C@H](C)N1CCC(CNC(=O)OC(C)(C)C)CC1. The molecule has 138 valence electrons. The summed E-state index contributed by atoms with van der Waals surface area (Å²) in [5, 5.41) is 7.46. The first-order valence-corrected chi connectivity index (χ1v) is 8.36. The number of ether oxygens (including phenoxy) is 1. The van der Waals surface area contributed by atoms with Crippen LogP contribution >= 0.6 is 0 Å². The maximum atomic E-state index is 12.0. The average molecular weight is 342 g/mol. The average Bonchev–Trinajstić information content (AvgIpc) is 2.50. The number of nitrogens with one attached hydrogen (secondary N) is 3. The third kappa shape index (κ3) is 7.16. The van der Waals surface area contributed by atoms with E-state index >= 15 is 0 Å². The summed E-state index contributed by atoms with van der Waals surface area (Å²) in [6.07, 6.45) is 1.36. The summed E-state index contributed by atoms with van der Waals surface area (Å²) in [4.78, 5) is 36.9. The Kier molecular flexibility index (Phi) is 7.47. The Labute approximate surface area is 143 Å². The summed E-state index contributed by atoms with van der Waals surface area (Å²) in [5.74, 6) is 0.0580. The number of carbonyl (C=O) groups is 3. The Morgan fingerprint density at radius 2 is 1.79 bits per heavy atom. The minimum Gasteiger partial charge on any atom is -0.444 e. The van der Waals surface area contributed by atoms with Crippen molar-refractivity contribution in [1.29, 1.82) is 0 Å². The van der Waals surface area contributed by atoms with Crippen LogP contribution in [0.4, 0.5) is 9.59 Å². The molecule has 0 bridgehead atoms. The molecule has 1 aliphatic heterocycles. The predicted molar refractivity (Wildman–Crippen MR) is 90.6 cm³/mol. The molecule has 0 aromatic carbocycles. The van der Waals surface area contributed by atoms with E-state index in [2.05, 4.69) is 16.0 Å². The van der Waals surface area contributed by atoms with Crippen LogP contribution in [0.5, 0.6) is 0 Å². The number of alkyl carbamates (subject to hydrolysis) is 1. The highest BCUT2D eigenvalue weighted by atomic mass is 16.6. The monoisotopic (exact) mass is 342 g/mol. The predicted octanol–water partition coefficient (Wildman–Crippen LogP) is 1.07. The van der Waals surface area contributed by atoms with Gasteiger partial charge in [-0.2, -0.15) is 0 Å². The molecule has 0 unspecified atom stereocenters. The highest BCUT2D eigenvalue weighted by Gasteiger charge is 2.27. The molecular formula is C16H30N4O4. The summed E-state index contributed by atoms with van der Waals surface area (Å²) in [6.45, 7) is 9.36. The molecule has 1 fully saturated rings. The van der Waals surface area contributed by atoms with Gasteiger partial charge in [-0.1, -0.05) is 0 Å². The lowest BCUT2D eigenvalue weighted by Crippen LogP contribution is -2.51. The molecule has 0 aromatic rings. The maximum absolute atomic E-state index is 12.0. The molecule has 1 atom stereocenters. The number of imide groups is 1. The summed E-state index contributed by atoms with van der Waals surface area (Å²) in [7, 11) is 1.47. The smallest absolute Gasteiger partial charge is 0.407 e. The van der Waals surface area contributed by atoms with Gasteiger partial charge < -0.3 is 15.4 Å². The summed E-state index contributed by atoms with van der Waals surface area (Å²) in [6, 6.07) is -0.856. The largest absolute Gasteiger partial charge is 0.444 e. The Hall–Kier alpha value is -1.83. The van der Waals surface area contributed by atoms with Crippen molar-refractivity contribution in [2.24, 2.45) is 5.92 Å². The second-order valence-electron chi connectivity index (χ2n) is 7.11. The van der Waals surface area contributed by atoms with Crippen LogP contribution < -0.4 is 16.0 Å². The zero-order chi connectivity index (χ0) is 18.3. The van der Waals surface area contributed by atoms with E-state index in [0.29, 0.717) is 12.5 Å². The van der Waals surface area contributed by atoms with Crippen LogP contribution in [0.1, 0.15) is 40.5 Å². The number of piperidine rings is 1. The van der Waals surface area contributed by atoms with Gasteiger partial charge in [0, 0.05) is 13.6 Å². The fourth-order valence-electron chi connectivity index (χ4n) is 2.53. The number of nitrogens with zero attached hydrogens (tertiary/aromatic N) is 1. The van der Waals surface area contributed by atoms with Crippen molar-refractivity contribution in [3.63, 3.8) is 0 Å². The van der Waals surface area contributed by atoms with Crippen LogP contribution in [0.25, 0.3) is 0 Å². The quantitative estimate of drug-likeness (QED) is 0.709. The number of urea groups is 1. The molecule has 1 heterocycles. The molecule has 8 nitrogen and oxygen atoms in total. The van der Waals surface area contributed by atoms with Crippen molar-refractivity contribution < 1.29 is 19.1 Å². The molecule has 24 heavy (non-hydrogen) atoms. The molecule has 0 radical (unpaired) electrons. The van der Waals surface area contributed by atoms with Gasteiger partial charge in [0.25, 0.3) is 0 Å². The van der Waals surface area contributed by atoms with Gasteiger partial charge >= 0.3 is 12.1 Å². The molecule has 0 spiro atoms. The van der Waals surface area contributed by atoms with Crippen LogP contribution in [0, 0.1) is 5.92 Å². The molecule has 1 rings (SSSR count). The van der Waals surface area contributed by atoms with E-state index in [-0.39, 0.29) is 11.9 Å². The van der Waals surface area contributed by atoms with Crippen LogP contribution in [-0.2, 0) is 9.53 Å². The third-order valence-electron chi connectivity index (χ3n) is 3.97. The van der Waals surface area contributed by atoms with Gasteiger partial charge in [0.05, 0.1) is 6.04 Å². The molecule has 1 aliphatic rings. The second kappa shape index (κ2) is 8.86. The maximum Gasteiger partial charge on any atom is 0.407 e. The van der Waals surface area contributed by atoms with E-state index < -0.39 is 17.7 Å². The van der Waals surface area contributed by atoms with Crippen molar-refractivity contribution in [3.05, 3.63) is 0 Å². The van der Waals surface area contributed by atoms with Crippen LogP contribution in [-0.4, -0.2) is 61.3 Å². The lowest BCUT2D eigenvalue weighted by atomic mass is 9.96. The lowest BCUT2D eigenvalue weighted by molar-refractivity contribution is -0.125. The van der Waals surface area contributed by atoms with E-state index in [0.717, 1.165) is 25.9 Å².